The molecule has 126 valence electrons. The van der Waals surface area contributed by atoms with Crippen LogP contribution >= 0.6 is 0 Å². The number of carbonyl (C=O) groups excluding carboxylic acids is 1. The highest BCUT2D eigenvalue weighted by Crippen LogP contribution is 2.16. The second-order valence-electron chi connectivity index (χ2n) is 6.48. The highest BCUT2D eigenvalue weighted by atomic mass is 16.5. The summed E-state index contributed by atoms with van der Waals surface area (Å²) >= 11 is 0. The van der Waals surface area contributed by atoms with Gasteiger partial charge in [0.1, 0.15) is 0 Å². The molecule has 0 aliphatic carbocycles. The summed E-state index contributed by atoms with van der Waals surface area (Å²) in [5.41, 5.74) is 1.07. The van der Waals surface area contributed by atoms with E-state index in [2.05, 4.69) is 13.8 Å². The lowest BCUT2D eigenvalue weighted by Gasteiger charge is -2.17. The molecule has 1 aromatic carbocycles. The molecule has 1 N–H and O–H groups in total. The zero-order valence-electron chi connectivity index (χ0n) is 13.8. The first-order valence-corrected chi connectivity index (χ1v) is 8.17. The lowest BCUT2D eigenvalue weighted by atomic mass is 10.1. The van der Waals surface area contributed by atoms with Gasteiger partial charge in [0, 0.05) is 19.7 Å². The molecule has 0 saturated carbocycles. The van der Waals surface area contributed by atoms with Crippen LogP contribution in [-0.4, -0.2) is 47.7 Å². The van der Waals surface area contributed by atoms with Crippen molar-refractivity contribution in [3.63, 3.8) is 0 Å². The number of carboxylic acid groups (broad SMARTS) is 1. The Morgan fingerprint density at radius 2 is 2.00 bits per heavy atom. The number of likely N-dealkylation sites (tertiary alicyclic amines) is 1. The summed E-state index contributed by atoms with van der Waals surface area (Å²) in [6, 6.07) is 6.47. The predicted molar refractivity (Wildman–Crippen MR) is 87.5 cm³/mol. The van der Waals surface area contributed by atoms with Crippen LogP contribution in [-0.2, 0) is 16.0 Å². The number of carbonyl (C=O) groups is 2. The van der Waals surface area contributed by atoms with Crippen LogP contribution in [0.15, 0.2) is 24.3 Å². The second kappa shape index (κ2) is 8.11. The Labute approximate surface area is 137 Å². The lowest BCUT2D eigenvalue weighted by Crippen LogP contribution is -2.31. The average Bonchev–Trinajstić information content (AvgIpc) is 2.96. The van der Waals surface area contributed by atoms with Crippen LogP contribution in [0.3, 0.4) is 0 Å². The van der Waals surface area contributed by atoms with Gasteiger partial charge in [-0.05, 0) is 36.5 Å². The molecule has 0 spiro atoms. The number of carboxylic acids is 1. The van der Waals surface area contributed by atoms with E-state index < -0.39 is 5.97 Å². The molecule has 1 fully saturated rings. The zero-order chi connectivity index (χ0) is 16.8. The number of benzene rings is 1. The van der Waals surface area contributed by atoms with Crippen LogP contribution in [0.5, 0.6) is 0 Å². The standard InChI is InChI=1S/C18H25NO4/c1-13(2)8-10-23-16-7-9-19(12-16)17(20)11-14-3-5-15(6-4-14)18(21)22/h3-6,13,16H,7-12H2,1-2H3,(H,21,22). The third-order valence-corrected chi connectivity index (χ3v) is 4.10. The fourth-order valence-electron chi connectivity index (χ4n) is 2.61. The molecule has 1 aromatic rings. The summed E-state index contributed by atoms with van der Waals surface area (Å²) in [6.45, 7) is 6.48. The van der Waals surface area contributed by atoms with E-state index in [1.165, 1.54) is 12.1 Å². The zero-order valence-corrected chi connectivity index (χ0v) is 13.8. The van der Waals surface area contributed by atoms with E-state index in [0.29, 0.717) is 18.9 Å². The van der Waals surface area contributed by atoms with E-state index in [4.69, 9.17) is 9.84 Å². The Hall–Kier alpha value is -1.88. The van der Waals surface area contributed by atoms with Gasteiger partial charge in [0.15, 0.2) is 0 Å². The Bertz CT molecular complexity index is 538. The molecule has 1 heterocycles. The molecule has 1 amide bonds. The molecule has 1 aliphatic rings. The fourth-order valence-corrected chi connectivity index (χ4v) is 2.61. The molecule has 5 nitrogen and oxygen atoms in total. The third-order valence-electron chi connectivity index (χ3n) is 4.10. The largest absolute Gasteiger partial charge is 0.478 e. The summed E-state index contributed by atoms with van der Waals surface area (Å²) < 4.78 is 5.83. The SMILES string of the molecule is CC(C)CCOC1CCN(C(=O)Cc2ccc(C(=O)O)cc2)C1. The highest BCUT2D eigenvalue weighted by Gasteiger charge is 2.26. The monoisotopic (exact) mass is 319 g/mol. The Morgan fingerprint density at radius 1 is 1.30 bits per heavy atom. The predicted octanol–water partition coefficient (Wildman–Crippen LogP) is 2.59. The molecule has 1 aliphatic heterocycles. The molecule has 23 heavy (non-hydrogen) atoms. The lowest BCUT2D eigenvalue weighted by molar-refractivity contribution is -0.130. The Balaban J connectivity index is 1.79. The summed E-state index contributed by atoms with van der Waals surface area (Å²) in [5, 5.41) is 8.88. The van der Waals surface area contributed by atoms with Gasteiger partial charge in [-0.25, -0.2) is 4.79 Å². The number of hydrogen-bond donors (Lipinski definition) is 1. The van der Waals surface area contributed by atoms with E-state index in [-0.39, 0.29) is 17.6 Å². The van der Waals surface area contributed by atoms with E-state index >= 15 is 0 Å². The smallest absolute Gasteiger partial charge is 0.335 e. The van der Waals surface area contributed by atoms with Gasteiger partial charge >= 0.3 is 5.97 Å². The minimum absolute atomic E-state index is 0.0723. The molecular formula is C18H25NO4. The molecule has 1 saturated heterocycles. The number of nitrogens with zero attached hydrogens (tertiary/aromatic N) is 1. The van der Waals surface area contributed by atoms with Gasteiger partial charge < -0.3 is 14.7 Å². The first-order valence-electron chi connectivity index (χ1n) is 8.17. The maximum absolute atomic E-state index is 12.3. The molecule has 0 radical (unpaired) electrons. The molecule has 5 heteroatoms. The van der Waals surface area contributed by atoms with Crippen molar-refractivity contribution in [2.45, 2.75) is 39.2 Å². The summed E-state index contributed by atoms with van der Waals surface area (Å²) in [4.78, 5) is 25.0. The number of aromatic carboxylic acids is 1. The van der Waals surface area contributed by atoms with E-state index in [1.807, 2.05) is 4.90 Å². The second-order valence-corrected chi connectivity index (χ2v) is 6.48. The van der Waals surface area contributed by atoms with E-state index in [9.17, 15) is 9.59 Å². The number of ether oxygens (including phenoxy) is 1. The van der Waals surface area contributed by atoms with E-state index in [1.54, 1.807) is 12.1 Å². The van der Waals surface area contributed by atoms with Crippen molar-refractivity contribution < 1.29 is 19.4 Å². The maximum Gasteiger partial charge on any atom is 0.335 e. The Kier molecular flexibility index (Phi) is 6.16. The fraction of sp³-hybridized carbons (Fsp3) is 0.556. The number of rotatable bonds is 7. The highest BCUT2D eigenvalue weighted by molar-refractivity contribution is 5.87. The van der Waals surface area contributed by atoms with Crippen molar-refractivity contribution in [1.29, 1.82) is 0 Å². The molecule has 1 unspecified atom stereocenters. The molecule has 1 atom stereocenters. The van der Waals surface area contributed by atoms with Crippen LogP contribution in [0, 0.1) is 5.92 Å². The first-order chi connectivity index (χ1) is 11.0. The van der Waals surface area contributed by atoms with Gasteiger partial charge in [0.2, 0.25) is 5.91 Å². The van der Waals surface area contributed by atoms with Gasteiger partial charge in [-0.3, -0.25) is 4.79 Å². The minimum Gasteiger partial charge on any atom is -0.478 e. The van der Waals surface area contributed by atoms with Crippen LogP contribution in [0.4, 0.5) is 0 Å². The first kappa shape index (κ1) is 17.5. The molecule has 2 rings (SSSR count). The topological polar surface area (TPSA) is 66.8 Å². The van der Waals surface area contributed by atoms with Crippen molar-refractivity contribution in [1.82, 2.24) is 4.90 Å². The maximum atomic E-state index is 12.3. The summed E-state index contributed by atoms with van der Waals surface area (Å²) in [7, 11) is 0. The third kappa shape index (κ3) is 5.36. The van der Waals surface area contributed by atoms with Crippen molar-refractivity contribution in [3.8, 4) is 0 Å². The molecular weight excluding hydrogens is 294 g/mol. The van der Waals surface area contributed by atoms with Gasteiger partial charge in [-0.2, -0.15) is 0 Å². The van der Waals surface area contributed by atoms with Crippen molar-refractivity contribution >= 4 is 11.9 Å². The van der Waals surface area contributed by atoms with Crippen LogP contribution < -0.4 is 0 Å². The average molecular weight is 319 g/mol. The molecule has 0 aromatic heterocycles. The normalized spacial score (nSPS) is 17.7. The van der Waals surface area contributed by atoms with E-state index in [0.717, 1.165) is 31.6 Å². The number of hydrogen-bond acceptors (Lipinski definition) is 3. The van der Waals surface area contributed by atoms with Gasteiger partial charge in [0.05, 0.1) is 18.1 Å². The minimum atomic E-state index is -0.955. The van der Waals surface area contributed by atoms with Gasteiger partial charge in [-0.15, -0.1) is 0 Å². The van der Waals surface area contributed by atoms with Crippen molar-refractivity contribution in [3.05, 3.63) is 35.4 Å². The van der Waals surface area contributed by atoms with Crippen LogP contribution in [0.1, 0.15) is 42.6 Å². The summed E-state index contributed by atoms with van der Waals surface area (Å²) in [6.07, 6.45) is 2.38. The Morgan fingerprint density at radius 3 is 2.61 bits per heavy atom. The van der Waals surface area contributed by atoms with Crippen LogP contribution in [0.25, 0.3) is 0 Å². The van der Waals surface area contributed by atoms with Crippen molar-refractivity contribution in [2.75, 3.05) is 19.7 Å². The van der Waals surface area contributed by atoms with Crippen molar-refractivity contribution in [2.24, 2.45) is 5.92 Å². The quantitative estimate of drug-likeness (QED) is 0.839. The van der Waals surface area contributed by atoms with Crippen LogP contribution in [0.2, 0.25) is 0 Å². The number of amides is 1. The van der Waals surface area contributed by atoms with Gasteiger partial charge in [0.25, 0.3) is 0 Å². The molecule has 0 bridgehead atoms. The van der Waals surface area contributed by atoms with Gasteiger partial charge in [-0.1, -0.05) is 26.0 Å². The summed E-state index contributed by atoms with van der Waals surface area (Å²) in [5.74, 6) is -0.255.